The first-order valence-corrected chi connectivity index (χ1v) is 13.8. The molecule has 1 fully saturated rings. The van der Waals surface area contributed by atoms with Crippen LogP contribution in [0.1, 0.15) is 33.6 Å². The average molecular weight is 514 g/mol. The molecule has 1 saturated heterocycles. The Morgan fingerprint density at radius 1 is 1.11 bits per heavy atom. The van der Waals surface area contributed by atoms with Gasteiger partial charge in [0.1, 0.15) is 5.01 Å². The summed E-state index contributed by atoms with van der Waals surface area (Å²) >= 11 is 1.42. The van der Waals surface area contributed by atoms with E-state index in [0.29, 0.717) is 11.3 Å². The molecule has 10 heteroatoms. The van der Waals surface area contributed by atoms with Crippen LogP contribution in [-0.2, 0) is 14.8 Å². The van der Waals surface area contributed by atoms with E-state index in [1.54, 1.807) is 39.1 Å². The number of benzene rings is 2. The highest BCUT2D eigenvalue weighted by molar-refractivity contribution is 7.89. The third-order valence-electron chi connectivity index (χ3n) is 5.55. The summed E-state index contributed by atoms with van der Waals surface area (Å²) in [6.07, 6.45) is 3.40. The molecule has 1 aliphatic rings. The number of nitrogens with zero attached hydrogens (tertiary/aromatic N) is 1. The highest BCUT2D eigenvalue weighted by atomic mass is 32.2. The number of amides is 1. The van der Waals surface area contributed by atoms with E-state index in [1.807, 2.05) is 31.3 Å². The first kappa shape index (κ1) is 25.3. The molecule has 2 heterocycles. The molecule has 186 valence electrons. The molecule has 0 aliphatic carbocycles. The van der Waals surface area contributed by atoms with Crippen molar-refractivity contribution in [2.45, 2.75) is 50.1 Å². The molecule has 0 bridgehead atoms. The molecule has 0 saturated carbocycles. The van der Waals surface area contributed by atoms with Crippen LogP contribution in [0.3, 0.4) is 0 Å². The summed E-state index contributed by atoms with van der Waals surface area (Å²) < 4.78 is 29.6. The summed E-state index contributed by atoms with van der Waals surface area (Å²) in [6, 6.07) is 12.6. The molecule has 4 rings (SSSR count). The first-order valence-electron chi connectivity index (χ1n) is 11.5. The summed E-state index contributed by atoms with van der Waals surface area (Å²) in [6.45, 7) is 6.18. The fraction of sp³-hybridized carbons (Fsp3) is 0.360. The number of anilines is 2. The van der Waals surface area contributed by atoms with Gasteiger partial charge in [0, 0.05) is 41.3 Å². The second kappa shape index (κ2) is 10.1. The lowest BCUT2D eigenvalue weighted by Gasteiger charge is -2.22. The Labute approximate surface area is 210 Å². The lowest BCUT2D eigenvalue weighted by molar-refractivity contribution is -0.117. The van der Waals surface area contributed by atoms with Crippen molar-refractivity contribution in [1.82, 2.24) is 15.0 Å². The van der Waals surface area contributed by atoms with Gasteiger partial charge in [0.2, 0.25) is 15.9 Å². The van der Waals surface area contributed by atoms with Crippen LogP contribution in [-0.4, -0.2) is 44.5 Å². The van der Waals surface area contributed by atoms with Crippen LogP contribution in [0.5, 0.6) is 0 Å². The van der Waals surface area contributed by atoms with Crippen molar-refractivity contribution < 1.29 is 13.2 Å². The fourth-order valence-electron chi connectivity index (χ4n) is 3.93. The van der Waals surface area contributed by atoms with Crippen LogP contribution < -0.4 is 20.7 Å². The second-order valence-corrected chi connectivity index (χ2v) is 12.2. The van der Waals surface area contributed by atoms with Gasteiger partial charge in [0.25, 0.3) is 0 Å². The number of sulfonamides is 1. The molecule has 2 aromatic carbocycles. The van der Waals surface area contributed by atoms with Crippen LogP contribution in [0.2, 0.25) is 0 Å². The van der Waals surface area contributed by atoms with Gasteiger partial charge in [-0.1, -0.05) is 6.07 Å². The van der Waals surface area contributed by atoms with E-state index < -0.39 is 15.6 Å². The molecule has 4 N–H and O–H groups in total. The number of rotatable bonds is 7. The molecule has 0 radical (unpaired) electrons. The Morgan fingerprint density at radius 3 is 2.46 bits per heavy atom. The van der Waals surface area contributed by atoms with E-state index in [4.69, 9.17) is 0 Å². The molecule has 8 nitrogen and oxygen atoms in total. The van der Waals surface area contributed by atoms with Crippen molar-refractivity contribution in [3.63, 3.8) is 0 Å². The number of carbonyl (C=O) groups is 1. The third-order valence-corrected chi connectivity index (χ3v) is 8.43. The Bertz CT molecular complexity index is 1310. The van der Waals surface area contributed by atoms with Gasteiger partial charge in [0.15, 0.2) is 0 Å². The van der Waals surface area contributed by atoms with E-state index in [2.05, 4.69) is 25.7 Å². The van der Waals surface area contributed by atoms with Gasteiger partial charge >= 0.3 is 0 Å². The lowest BCUT2D eigenvalue weighted by atomic mass is 10.1. The number of aromatic nitrogens is 1. The maximum Gasteiger partial charge on any atom is 0.241 e. The van der Waals surface area contributed by atoms with Crippen LogP contribution in [0, 0.1) is 0 Å². The van der Waals surface area contributed by atoms with E-state index in [9.17, 15) is 13.2 Å². The molecule has 1 atom stereocenters. The number of nitrogens with one attached hydrogen (secondary N) is 4. The van der Waals surface area contributed by atoms with Gasteiger partial charge in [0.05, 0.1) is 15.8 Å². The predicted octanol–water partition coefficient (Wildman–Crippen LogP) is 4.29. The Balaban J connectivity index is 1.71. The quantitative estimate of drug-likeness (QED) is 0.375. The average Bonchev–Trinajstić information content (AvgIpc) is 3.50. The monoisotopic (exact) mass is 513 g/mol. The maximum absolute atomic E-state index is 13.4. The highest BCUT2D eigenvalue weighted by Gasteiger charge is 2.27. The van der Waals surface area contributed by atoms with Gasteiger partial charge in [-0.2, -0.15) is 0 Å². The summed E-state index contributed by atoms with van der Waals surface area (Å²) in [5.74, 6) is -0.160. The molecule has 35 heavy (non-hydrogen) atoms. The molecular formula is C25H31N5O3S2. The summed E-state index contributed by atoms with van der Waals surface area (Å²) in [5.41, 5.74) is 2.25. The van der Waals surface area contributed by atoms with Crippen molar-refractivity contribution in [3.8, 4) is 21.0 Å². The summed E-state index contributed by atoms with van der Waals surface area (Å²) in [4.78, 5) is 18.0. The third kappa shape index (κ3) is 6.07. The Hall–Kier alpha value is -2.79. The van der Waals surface area contributed by atoms with Crippen LogP contribution >= 0.6 is 11.3 Å². The van der Waals surface area contributed by atoms with Crippen LogP contribution in [0.25, 0.3) is 21.0 Å². The van der Waals surface area contributed by atoms with Crippen molar-refractivity contribution in [1.29, 1.82) is 0 Å². The van der Waals surface area contributed by atoms with E-state index in [0.717, 1.165) is 40.5 Å². The SMILES string of the molecule is CNc1ccc(-c2ncc(-c3ccc(NC(=O)C4CCCN4)cc3S(=O)(=O)NC(C)(C)C)s2)cc1. The molecule has 1 aliphatic heterocycles. The van der Waals surface area contributed by atoms with Crippen LogP contribution in [0.15, 0.2) is 53.6 Å². The molecule has 1 aromatic heterocycles. The van der Waals surface area contributed by atoms with Gasteiger partial charge in [-0.25, -0.2) is 18.1 Å². The Morgan fingerprint density at radius 2 is 1.83 bits per heavy atom. The fourth-order valence-corrected chi connectivity index (χ4v) is 6.62. The standard InChI is InChI=1S/C25H31N5O3S2/c1-25(2,3)30-35(32,33)22-14-18(29-23(31)20-6-5-13-27-20)11-12-19(22)21-15-28-24(34-21)16-7-9-17(26-4)10-8-16/h7-12,14-15,20,26-27,30H,5-6,13H2,1-4H3,(H,29,31). The highest BCUT2D eigenvalue weighted by Crippen LogP contribution is 2.37. The van der Waals surface area contributed by atoms with Gasteiger partial charge < -0.3 is 16.0 Å². The minimum absolute atomic E-state index is 0.102. The minimum atomic E-state index is -3.88. The van der Waals surface area contributed by atoms with E-state index in [-0.39, 0.29) is 16.8 Å². The molecule has 0 spiro atoms. The van der Waals surface area contributed by atoms with Crippen LogP contribution in [0.4, 0.5) is 11.4 Å². The van der Waals surface area contributed by atoms with Gasteiger partial charge in [-0.15, -0.1) is 11.3 Å². The molecule has 1 amide bonds. The first-order chi connectivity index (χ1) is 16.6. The van der Waals surface area contributed by atoms with Gasteiger partial charge in [-0.05, 0) is 76.6 Å². The zero-order valence-electron chi connectivity index (χ0n) is 20.3. The smallest absolute Gasteiger partial charge is 0.241 e. The minimum Gasteiger partial charge on any atom is -0.388 e. The second-order valence-electron chi connectivity index (χ2n) is 9.56. The topological polar surface area (TPSA) is 112 Å². The zero-order chi connectivity index (χ0) is 25.2. The zero-order valence-corrected chi connectivity index (χ0v) is 21.9. The summed E-state index contributed by atoms with van der Waals surface area (Å²) in [5, 5.41) is 9.91. The predicted molar refractivity (Wildman–Crippen MR) is 142 cm³/mol. The number of hydrogen-bond donors (Lipinski definition) is 4. The molecule has 1 unspecified atom stereocenters. The number of carbonyl (C=O) groups excluding carboxylic acids is 1. The van der Waals surface area contributed by atoms with Gasteiger partial charge in [-0.3, -0.25) is 4.79 Å². The van der Waals surface area contributed by atoms with E-state index >= 15 is 0 Å². The maximum atomic E-state index is 13.4. The molecule has 3 aromatic rings. The number of hydrogen-bond acceptors (Lipinski definition) is 7. The lowest BCUT2D eigenvalue weighted by Crippen LogP contribution is -2.40. The van der Waals surface area contributed by atoms with Crippen molar-refractivity contribution in [2.75, 3.05) is 24.2 Å². The normalized spacial score (nSPS) is 16.3. The van der Waals surface area contributed by atoms with E-state index in [1.165, 1.54) is 17.4 Å². The van der Waals surface area contributed by atoms with Crippen molar-refractivity contribution in [2.24, 2.45) is 0 Å². The summed E-state index contributed by atoms with van der Waals surface area (Å²) in [7, 11) is -2.02. The van der Waals surface area contributed by atoms with Crippen molar-refractivity contribution in [3.05, 3.63) is 48.7 Å². The number of thiazole rings is 1. The molecular weight excluding hydrogens is 482 g/mol. The largest absolute Gasteiger partial charge is 0.388 e. The Kier molecular flexibility index (Phi) is 7.27. The van der Waals surface area contributed by atoms with Crippen molar-refractivity contribution >= 4 is 38.6 Å².